The van der Waals surface area contributed by atoms with E-state index in [2.05, 4.69) is 27.7 Å². The summed E-state index contributed by atoms with van der Waals surface area (Å²) in [6, 6.07) is 0. The SMILES string of the molecule is [CH2]C([CH2])(CP(=O)(O)O)CP(=O)(OCCCCCCCCCCCCCCCCCC)OCCCCCCCCCCCCCCCCCC. The molecule has 2 N–H and O–H groups in total. The van der Waals surface area contributed by atoms with Crippen LogP contribution in [0, 0.1) is 19.3 Å². The van der Waals surface area contributed by atoms with Gasteiger partial charge in [-0.15, -0.1) is 0 Å². The fourth-order valence-electron chi connectivity index (χ4n) is 6.73. The van der Waals surface area contributed by atoms with Crippen LogP contribution in [0.1, 0.15) is 219 Å². The van der Waals surface area contributed by atoms with Crippen LogP contribution in [-0.4, -0.2) is 35.3 Å². The Labute approximate surface area is 306 Å². The van der Waals surface area contributed by atoms with Gasteiger partial charge in [0.2, 0.25) is 0 Å². The first-order chi connectivity index (χ1) is 23.5. The van der Waals surface area contributed by atoms with Crippen molar-refractivity contribution in [2.45, 2.75) is 219 Å². The molecule has 0 aliphatic carbocycles. The summed E-state index contributed by atoms with van der Waals surface area (Å²) in [6.45, 7) is 12.9. The van der Waals surface area contributed by atoms with Crippen molar-refractivity contribution in [3.63, 3.8) is 0 Å². The van der Waals surface area contributed by atoms with Gasteiger partial charge in [-0.2, -0.15) is 0 Å². The van der Waals surface area contributed by atoms with E-state index in [4.69, 9.17) is 9.05 Å². The third-order valence-electron chi connectivity index (χ3n) is 9.64. The van der Waals surface area contributed by atoms with Crippen LogP contribution in [0.3, 0.4) is 0 Å². The van der Waals surface area contributed by atoms with Crippen molar-refractivity contribution in [1.29, 1.82) is 0 Å². The zero-order valence-corrected chi connectivity index (χ0v) is 34.6. The van der Waals surface area contributed by atoms with Crippen molar-refractivity contribution >= 4 is 15.2 Å². The minimum Gasteiger partial charge on any atom is -0.324 e. The third-order valence-corrected chi connectivity index (χ3v) is 12.9. The number of hydrogen-bond acceptors (Lipinski definition) is 4. The van der Waals surface area contributed by atoms with Gasteiger partial charge in [0.1, 0.15) is 0 Å². The van der Waals surface area contributed by atoms with Gasteiger partial charge < -0.3 is 18.8 Å². The molecule has 0 aromatic rings. The maximum absolute atomic E-state index is 13.7. The van der Waals surface area contributed by atoms with E-state index in [-0.39, 0.29) is 6.16 Å². The predicted molar refractivity (Wildman–Crippen MR) is 214 cm³/mol. The lowest BCUT2D eigenvalue weighted by Crippen LogP contribution is -2.24. The van der Waals surface area contributed by atoms with Crippen molar-refractivity contribution in [2.75, 3.05) is 25.5 Å². The largest absolute Gasteiger partial charge is 0.331 e. The fraction of sp³-hybridized carbons (Fsp3) is 0.951. The summed E-state index contributed by atoms with van der Waals surface area (Å²) in [5, 5.41) is 0. The summed E-state index contributed by atoms with van der Waals surface area (Å²) in [7, 11) is -7.94. The molecule has 294 valence electrons. The molecule has 8 heteroatoms. The maximum atomic E-state index is 13.7. The van der Waals surface area contributed by atoms with Crippen molar-refractivity contribution in [1.82, 2.24) is 0 Å². The molecule has 0 saturated carbocycles. The predicted octanol–water partition coefficient (Wildman–Crippen LogP) is 14.6. The Morgan fingerprint density at radius 3 is 0.857 bits per heavy atom. The maximum Gasteiger partial charge on any atom is 0.331 e. The van der Waals surface area contributed by atoms with E-state index in [1.165, 1.54) is 167 Å². The molecule has 6 nitrogen and oxygen atoms in total. The van der Waals surface area contributed by atoms with Crippen molar-refractivity contribution in [3.8, 4) is 0 Å². The molecule has 0 aliphatic rings. The summed E-state index contributed by atoms with van der Waals surface area (Å²) in [6.07, 6.45) is 40.3. The zero-order chi connectivity index (χ0) is 36.4. The minimum atomic E-state index is -4.36. The Balaban J connectivity index is 4.07. The summed E-state index contributed by atoms with van der Waals surface area (Å²) in [4.78, 5) is 18.9. The average Bonchev–Trinajstić information content (AvgIpc) is 3.02. The standard InChI is InChI=1S/C41H84O6P2/c1-5-7-9-11-13-15-17-19-21-23-25-27-29-31-33-35-37-46-49(45,40-41(3,4)39-48(42,43)44)47-38-36-34-32-30-28-26-24-22-20-18-16-14-12-10-8-6-2/h3-40H2,1-2H3,(H2,42,43,44). The third kappa shape index (κ3) is 37.9. The fourth-order valence-corrected chi connectivity index (χ4v) is 9.90. The second-order valence-corrected chi connectivity index (χ2v) is 19.1. The van der Waals surface area contributed by atoms with Crippen LogP contribution < -0.4 is 0 Å². The normalized spacial score (nSPS) is 12.7. The van der Waals surface area contributed by atoms with Crippen LogP contribution in [0.2, 0.25) is 0 Å². The second kappa shape index (κ2) is 34.1. The van der Waals surface area contributed by atoms with E-state index in [9.17, 15) is 18.9 Å². The van der Waals surface area contributed by atoms with E-state index in [1.807, 2.05) is 0 Å². The van der Waals surface area contributed by atoms with Gasteiger partial charge in [-0.3, -0.25) is 9.13 Å². The Morgan fingerprint density at radius 1 is 0.408 bits per heavy atom. The molecule has 0 aliphatic heterocycles. The highest BCUT2D eigenvalue weighted by molar-refractivity contribution is 7.54. The number of rotatable bonds is 40. The van der Waals surface area contributed by atoms with E-state index < -0.39 is 26.8 Å². The van der Waals surface area contributed by atoms with Gasteiger partial charge in [-0.05, 0) is 32.1 Å². The Bertz CT molecular complexity index is 742. The molecule has 2 radical (unpaired) electrons. The molecule has 0 heterocycles. The monoisotopic (exact) mass is 735 g/mol. The van der Waals surface area contributed by atoms with Gasteiger partial charge in [0, 0.05) is 0 Å². The molecule has 0 atom stereocenters. The van der Waals surface area contributed by atoms with Crippen LogP contribution in [0.25, 0.3) is 0 Å². The molecule has 0 aromatic heterocycles. The second-order valence-electron chi connectivity index (χ2n) is 15.4. The highest BCUT2D eigenvalue weighted by atomic mass is 31.2. The van der Waals surface area contributed by atoms with Crippen molar-refractivity contribution in [3.05, 3.63) is 13.8 Å². The number of hydrogen-bond donors (Lipinski definition) is 2. The Hall–Kier alpha value is 0.300. The first-order valence-corrected chi connectivity index (χ1v) is 24.7. The van der Waals surface area contributed by atoms with E-state index in [0.717, 1.165) is 38.5 Å². The lowest BCUT2D eigenvalue weighted by atomic mass is 10.0. The highest BCUT2D eigenvalue weighted by Crippen LogP contribution is 2.55. The molecule has 0 spiro atoms. The first kappa shape index (κ1) is 49.3. The molecule has 0 bridgehead atoms. The lowest BCUT2D eigenvalue weighted by Gasteiger charge is -2.29. The van der Waals surface area contributed by atoms with Crippen molar-refractivity contribution < 1.29 is 28.0 Å². The van der Waals surface area contributed by atoms with E-state index >= 15 is 0 Å². The highest BCUT2D eigenvalue weighted by Gasteiger charge is 2.38. The summed E-state index contributed by atoms with van der Waals surface area (Å²) in [5.41, 5.74) is -1.34. The average molecular weight is 735 g/mol. The van der Waals surface area contributed by atoms with E-state index in [0.29, 0.717) is 13.2 Å². The van der Waals surface area contributed by atoms with Gasteiger partial charge in [0.05, 0.1) is 25.5 Å². The molecule has 0 amide bonds. The quantitative estimate of drug-likeness (QED) is 0.0481. The zero-order valence-electron chi connectivity index (χ0n) is 32.8. The summed E-state index contributed by atoms with van der Waals surface area (Å²) in [5.74, 6) is 0. The molecule has 0 unspecified atom stereocenters. The van der Waals surface area contributed by atoms with Gasteiger partial charge >= 0.3 is 15.2 Å². The molecular formula is C41H84O6P2. The van der Waals surface area contributed by atoms with Gasteiger partial charge in [-0.1, -0.05) is 206 Å². The van der Waals surface area contributed by atoms with Gasteiger partial charge in [-0.25, -0.2) is 0 Å². The first-order valence-electron chi connectivity index (χ1n) is 21.2. The summed E-state index contributed by atoms with van der Waals surface area (Å²) >= 11 is 0. The van der Waals surface area contributed by atoms with Gasteiger partial charge in [0.25, 0.3) is 0 Å². The Morgan fingerprint density at radius 2 is 0.633 bits per heavy atom. The van der Waals surface area contributed by atoms with Crippen LogP contribution in [0.15, 0.2) is 0 Å². The van der Waals surface area contributed by atoms with Gasteiger partial charge in [0.15, 0.2) is 0 Å². The summed E-state index contributed by atoms with van der Waals surface area (Å²) < 4.78 is 36.9. The minimum absolute atomic E-state index is 0.192. The molecular weight excluding hydrogens is 650 g/mol. The Kier molecular flexibility index (Phi) is 34.3. The smallest absolute Gasteiger partial charge is 0.324 e. The van der Waals surface area contributed by atoms with Crippen LogP contribution in [0.5, 0.6) is 0 Å². The molecule has 49 heavy (non-hydrogen) atoms. The van der Waals surface area contributed by atoms with Crippen molar-refractivity contribution in [2.24, 2.45) is 5.41 Å². The molecule has 0 fully saturated rings. The molecule has 0 saturated heterocycles. The van der Waals surface area contributed by atoms with Crippen LogP contribution in [-0.2, 0) is 18.2 Å². The molecule has 0 rings (SSSR count). The number of unbranched alkanes of at least 4 members (excludes halogenated alkanes) is 30. The van der Waals surface area contributed by atoms with E-state index in [1.54, 1.807) is 0 Å². The molecule has 0 aromatic carbocycles. The topological polar surface area (TPSA) is 93.1 Å². The van der Waals surface area contributed by atoms with Crippen LogP contribution in [0.4, 0.5) is 0 Å². The van der Waals surface area contributed by atoms with Crippen LogP contribution >= 0.6 is 15.2 Å². The lowest BCUT2D eigenvalue weighted by molar-refractivity contribution is 0.193.